The average Bonchev–Trinajstić information content (AvgIpc) is 2.81. The van der Waals surface area contributed by atoms with Gasteiger partial charge in [-0.25, -0.2) is 0 Å². The number of halogens is 1. The Bertz CT molecular complexity index is 537. The maximum absolute atomic E-state index is 6.02. The summed E-state index contributed by atoms with van der Waals surface area (Å²) < 4.78 is 11.1. The molecule has 0 saturated carbocycles. The summed E-state index contributed by atoms with van der Waals surface area (Å²) in [6, 6.07) is 7.53. The van der Waals surface area contributed by atoms with Gasteiger partial charge in [0.15, 0.2) is 0 Å². The van der Waals surface area contributed by atoms with E-state index in [1.54, 1.807) is 6.26 Å². The Hall–Kier alpha value is -1.61. The van der Waals surface area contributed by atoms with Crippen LogP contribution in [0.5, 0.6) is 5.75 Å². The Morgan fingerprint density at radius 2 is 2.16 bits per heavy atom. The standard InChI is InChI=1S/C15H18ClNO2/c1-3-7-18-14-5-4-12(16)9-13(14)17-10-15-11(2)6-8-19-15/h4-6,8-9,17H,3,7,10H2,1-2H3. The van der Waals surface area contributed by atoms with Crippen molar-refractivity contribution in [1.82, 2.24) is 0 Å². The van der Waals surface area contributed by atoms with E-state index in [0.717, 1.165) is 29.2 Å². The lowest BCUT2D eigenvalue weighted by molar-refractivity contribution is 0.318. The summed E-state index contributed by atoms with van der Waals surface area (Å²) in [5.74, 6) is 1.73. The van der Waals surface area contributed by atoms with Crippen molar-refractivity contribution in [3.05, 3.63) is 46.9 Å². The molecule has 1 heterocycles. The van der Waals surface area contributed by atoms with Crippen LogP contribution in [-0.2, 0) is 6.54 Å². The Labute approximate surface area is 118 Å². The number of aryl methyl sites for hydroxylation is 1. The molecule has 2 aromatic rings. The minimum absolute atomic E-state index is 0.613. The molecule has 1 aromatic carbocycles. The number of nitrogens with one attached hydrogen (secondary N) is 1. The number of ether oxygens (including phenoxy) is 1. The Balaban J connectivity index is 2.09. The van der Waals surface area contributed by atoms with Gasteiger partial charge in [0, 0.05) is 5.02 Å². The summed E-state index contributed by atoms with van der Waals surface area (Å²) in [6.07, 6.45) is 2.66. The van der Waals surface area contributed by atoms with E-state index in [0.29, 0.717) is 18.2 Å². The maximum atomic E-state index is 6.02. The van der Waals surface area contributed by atoms with E-state index in [-0.39, 0.29) is 0 Å². The van der Waals surface area contributed by atoms with Gasteiger partial charge in [0.25, 0.3) is 0 Å². The topological polar surface area (TPSA) is 34.4 Å². The van der Waals surface area contributed by atoms with Gasteiger partial charge in [-0.1, -0.05) is 18.5 Å². The van der Waals surface area contributed by atoms with E-state index in [4.69, 9.17) is 20.8 Å². The van der Waals surface area contributed by atoms with Crippen LogP contribution in [0.1, 0.15) is 24.7 Å². The van der Waals surface area contributed by atoms with Crippen LogP contribution in [-0.4, -0.2) is 6.61 Å². The predicted octanol–water partition coefficient (Wildman–Crippen LogP) is 4.64. The molecule has 2 rings (SSSR count). The van der Waals surface area contributed by atoms with Gasteiger partial charge in [-0.15, -0.1) is 0 Å². The monoisotopic (exact) mass is 279 g/mol. The lowest BCUT2D eigenvalue weighted by atomic mass is 10.2. The SMILES string of the molecule is CCCOc1ccc(Cl)cc1NCc1occc1C. The van der Waals surface area contributed by atoms with Crippen molar-refractivity contribution in [2.45, 2.75) is 26.8 Å². The van der Waals surface area contributed by atoms with Crippen LogP contribution in [0.15, 0.2) is 34.9 Å². The first-order chi connectivity index (χ1) is 9.20. The molecule has 0 aliphatic heterocycles. The third kappa shape index (κ3) is 3.67. The molecule has 0 amide bonds. The highest BCUT2D eigenvalue weighted by molar-refractivity contribution is 6.30. The van der Waals surface area contributed by atoms with Crippen LogP contribution >= 0.6 is 11.6 Å². The summed E-state index contributed by atoms with van der Waals surface area (Å²) in [4.78, 5) is 0. The molecule has 0 bridgehead atoms. The van der Waals surface area contributed by atoms with Gasteiger partial charge >= 0.3 is 0 Å². The van der Waals surface area contributed by atoms with E-state index in [1.807, 2.05) is 31.2 Å². The van der Waals surface area contributed by atoms with Crippen molar-refractivity contribution in [2.24, 2.45) is 0 Å². The van der Waals surface area contributed by atoms with Crippen LogP contribution in [0.4, 0.5) is 5.69 Å². The van der Waals surface area contributed by atoms with Gasteiger partial charge < -0.3 is 14.5 Å². The zero-order valence-electron chi connectivity index (χ0n) is 11.2. The highest BCUT2D eigenvalue weighted by atomic mass is 35.5. The summed E-state index contributed by atoms with van der Waals surface area (Å²) in [7, 11) is 0. The largest absolute Gasteiger partial charge is 0.491 e. The van der Waals surface area contributed by atoms with Crippen molar-refractivity contribution in [1.29, 1.82) is 0 Å². The number of benzene rings is 1. The number of hydrogen-bond donors (Lipinski definition) is 1. The molecule has 0 fully saturated rings. The van der Waals surface area contributed by atoms with Gasteiger partial charge in [-0.2, -0.15) is 0 Å². The van der Waals surface area contributed by atoms with Gasteiger partial charge in [-0.3, -0.25) is 0 Å². The van der Waals surface area contributed by atoms with Gasteiger partial charge in [0.1, 0.15) is 11.5 Å². The molecule has 0 unspecified atom stereocenters. The van der Waals surface area contributed by atoms with E-state index < -0.39 is 0 Å². The maximum Gasteiger partial charge on any atom is 0.142 e. The first kappa shape index (κ1) is 13.8. The van der Waals surface area contributed by atoms with Crippen molar-refractivity contribution in [2.75, 3.05) is 11.9 Å². The zero-order chi connectivity index (χ0) is 13.7. The molecule has 0 spiro atoms. The first-order valence-electron chi connectivity index (χ1n) is 6.40. The molecule has 0 aliphatic carbocycles. The quantitative estimate of drug-likeness (QED) is 0.836. The van der Waals surface area contributed by atoms with Crippen LogP contribution in [0.3, 0.4) is 0 Å². The lowest BCUT2D eigenvalue weighted by Gasteiger charge is -2.13. The van der Waals surface area contributed by atoms with Crippen molar-refractivity contribution >= 4 is 17.3 Å². The fourth-order valence-electron chi connectivity index (χ4n) is 1.74. The van der Waals surface area contributed by atoms with Crippen LogP contribution < -0.4 is 10.1 Å². The second-order valence-corrected chi connectivity index (χ2v) is 4.81. The summed E-state index contributed by atoms with van der Waals surface area (Å²) in [5.41, 5.74) is 2.02. The van der Waals surface area contributed by atoms with E-state index in [9.17, 15) is 0 Å². The van der Waals surface area contributed by atoms with Gasteiger partial charge in [0.05, 0.1) is 25.1 Å². The van der Waals surface area contributed by atoms with Crippen molar-refractivity contribution in [3.63, 3.8) is 0 Å². The molecule has 19 heavy (non-hydrogen) atoms. The summed E-state index contributed by atoms with van der Waals surface area (Å²) in [5, 5.41) is 3.99. The van der Waals surface area contributed by atoms with Crippen LogP contribution in [0.2, 0.25) is 5.02 Å². The average molecular weight is 280 g/mol. The molecule has 0 saturated heterocycles. The van der Waals surface area contributed by atoms with Crippen molar-refractivity contribution < 1.29 is 9.15 Å². The Kier molecular flexibility index (Phi) is 4.74. The summed E-state index contributed by atoms with van der Waals surface area (Å²) >= 11 is 6.02. The molecule has 1 aromatic heterocycles. The minimum atomic E-state index is 0.613. The molecule has 0 atom stereocenters. The molecular formula is C15H18ClNO2. The third-order valence-corrected chi connectivity index (χ3v) is 3.05. The lowest BCUT2D eigenvalue weighted by Crippen LogP contribution is -2.03. The molecule has 102 valence electrons. The second-order valence-electron chi connectivity index (χ2n) is 4.37. The zero-order valence-corrected chi connectivity index (χ0v) is 12.0. The van der Waals surface area contributed by atoms with Crippen LogP contribution in [0.25, 0.3) is 0 Å². The highest BCUT2D eigenvalue weighted by Gasteiger charge is 2.07. The number of furan rings is 1. The predicted molar refractivity (Wildman–Crippen MR) is 78.0 cm³/mol. The van der Waals surface area contributed by atoms with Crippen molar-refractivity contribution in [3.8, 4) is 5.75 Å². The fourth-order valence-corrected chi connectivity index (χ4v) is 1.91. The van der Waals surface area contributed by atoms with Gasteiger partial charge in [-0.05, 0) is 43.2 Å². The second kappa shape index (κ2) is 6.53. The van der Waals surface area contributed by atoms with Crippen LogP contribution in [0, 0.1) is 6.92 Å². The molecule has 0 aliphatic rings. The Morgan fingerprint density at radius 1 is 1.32 bits per heavy atom. The molecule has 0 radical (unpaired) electrons. The van der Waals surface area contributed by atoms with E-state index in [2.05, 4.69) is 12.2 Å². The highest BCUT2D eigenvalue weighted by Crippen LogP contribution is 2.29. The minimum Gasteiger partial charge on any atom is -0.491 e. The normalized spacial score (nSPS) is 10.5. The molecule has 1 N–H and O–H groups in total. The molecule has 4 heteroatoms. The van der Waals surface area contributed by atoms with Gasteiger partial charge in [0.2, 0.25) is 0 Å². The third-order valence-electron chi connectivity index (χ3n) is 2.81. The van der Waals surface area contributed by atoms with E-state index >= 15 is 0 Å². The first-order valence-corrected chi connectivity index (χ1v) is 6.77. The fraction of sp³-hybridized carbons (Fsp3) is 0.333. The molecule has 3 nitrogen and oxygen atoms in total. The number of anilines is 1. The molecular weight excluding hydrogens is 262 g/mol. The number of rotatable bonds is 6. The Morgan fingerprint density at radius 3 is 2.84 bits per heavy atom. The summed E-state index contributed by atoms with van der Waals surface area (Å²) in [6.45, 7) is 5.40. The van der Waals surface area contributed by atoms with E-state index in [1.165, 1.54) is 0 Å². The smallest absolute Gasteiger partial charge is 0.142 e. The number of hydrogen-bond acceptors (Lipinski definition) is 3.